The Labute approximate surface area is 133 Å². The van der Waals surface area contributed by atoms with E-state index in [2.05, 4.69) is 5.32 Å². The number of ether oxygens (including phenoxy) is 1. The molecule has 23 heavy (non-hydrogen) atoms. The number of furan rings is 1. The van der Waals surface area contributed by atoms with E-state index in [-0.39, 0.29) is 18.1 Å². The number of rotatable bonds is 6. The van der Waals surface area contributed by atoms with Crippen LogP contribution in [0.2, 0.25) is 0 Å². The zero-order valence-electron chi connectivity index (χ0n) is 12.6. The van der Waals surface area contributed by atoms with Crippen LogP contribution in [0.4, 0.5) is 5.69 Å². The first-order valence-electron chi connectivity index (χ1n) is 7.28. The van der Waals surface area contributed by atoms with Crippen LogP contribution in [-0.4, -0.2) is 23.3 Å². The first kappa shape index (κ1) is 14.9. The Bertz CT molecular complexity index is 750. The van der Waals surface area contributed by atoms with Crippen LogP contribution in [0.25, 0.3) is 0 Å². The Morgan fingerprint density at radius 3 is 2.74 bits per heavy atom. The lowest BCUT2D eigenvalue weighted by Gasteiger charge is -2.15. The van der Waals surface area contributed by atoms with E-state index in [1.54, 1.807) is 24.3 Å². The number of anilines is 1. The maximum Gasteiger partial charge on any atom is 0.277 e. The first-order valence-corrected chi connectivity index (χ1v) is 7.28. The van der Waals surface area contributed by atoms with Gasteiger partial charge < -0.3 is 14.5 Å². The van der Waals surface area contributed by atoms with Crippen molar-refractivity contribution in [3.63, 3.8) is 0 Å². The Morgan fingerprint density at radius 1 is 1.17 bits per heavy atom. The fraction of sp³-hybridized carbons (Fsp3) is 0.176. The van der Waals surface area contributed by atoms with Gasteiger partial charge in [-0.1, -0.05) is 12.1 Å². The molecule has 0 bridgehead atoms. The summed E-state index contributed by atoms with van der Waals surface area (Å²) in [5.41, 5.74) is 0.857. The van der Waals surface area contributed by atoms with Gasteiger partial charge in [-0.2, -0.15) is 0 Å². The molecule has 0 saturated heterocycles. The van der Waals surface area contributed by atoms with Crippen molar-refractivity contribution in [3.8, 4) is 5.75 Å². The molecule has 0 spiro atoms. The number of benzene rings is 1. The zero-order valence-corrected chi connectivity index (χ0v) is 12.6. The van der Waals surface area contributed by atoms with Gasteiger partial charge in [0.1, 0.15) is 17.2 Å². The van der Waals surface area contributed by atoms with Crippen molar-refractivity contribution < 1.29 is 18.7 Å². The molecule has 6 nitrogen and oxygen atoms in total. The second-order valence-corrected chi connectivity index (χ2v) is 4.92. The average molecular weight is 312 g/mol. The Balaban J connectivity index is 1.76. The van der Waals surface area contributed by atoms with E-state index in [1.165, 1.54) is 12.3 Å². The largest absolute Gasteiger partial charge is 0.492 e. The maximum absolute atomic E-state index is 12.4. The van der Waals surface area contributed by atoms with Crippen molar-refractivity contribution in [3.05, 3.63) is 60.2 Å². The standard InChI is InChI=1S/C17H16N2O4/c1-2-22-15-8-4-3-7-13(15)18-14-10-16(20)19(17(14)21)11-12-6-5-9-23-12/h3-10,18H,2,11H2,1H3. The molecule has 1 aromatic heterocycles. The minimum atomic E-state index is -0.391. The lowest BCUT2D eigenvalue weighted by molar-refractivity contribution is -0.138. The summed E-state index contributed by atoms with van der Waals surface area (Å²) in [6, 6.07) is 10.7. The molecule has 6 heteroatoms. The normalized spacial score (nSPS) is 14.1. The summed E-state index contributed by atoms with van der Waals surface area (Å²) in [4.78, 5) is 25.6. The molecular formula is C17H16N2O4. The molecule has 2 aromatic rings. The highest BCUT2D eigenvalue weighted by Crippen LogP contribution is 2.27. The maximum atomic E-state index is 12.4. The Hall–Kier alpha value is -3.02. The third-order valence-corrected chi connectivity index (χ3v) is 3.36. The molecule has 3 rings (SSSR count). The summed E-state index contributed by atoms with van der Waals surface area (Å²) in [6.45, 7) is 2.50. The molecule has 118 valence electrons. The Morgan fingerprint density at radius 2 is 2.00 bits per heavy atom. The van der Waals surface area contributed by atoms with E-state index >= 15 is 0 Å². The fourth-order valence-electron chi connectivity index (χ4n) is 2.30. The number of imide groups is 1. The predicted molar refractivity (Wildman–Crippen MR) is 83.6 cm³/mol. The van der Waals surface area contributed by atoms with Gasteiger partial charge in [-0.05, 0) is 31.2 Å². The smallest absolute Gasteiger partial charge is 0.277 e. The minimum Gasteiger partial charge on any atom is -0.492 e. The van der Waals surface area contributed by atoms with Gasteiger partial charge in [0.15, 0.2) is 0 Å². The van der Waals surface area contributed by atoms with Crippen molar-refractivity contribution in [2.24, 2.45) is 0 Å². The van der Waals surface area contributed by atoms with E-state index in [4.69, 9.17) is 9.15 Å². The topological polar surface area (TPSA) is 71.8 Å². The van der Waals surface area contributed by atoms with Gasteiger partial charge in [0.25, 0.3) is 11.8 Å². The third-order valence-electron chi connectivity index (χ3n) is 3.36. The fourth-order valence-corrected chi connectivity index (χ4v) is 2.30. The monoisotopic (exact) mass is 312 g/mol. The van der Waals surface area contributed by atoms with Crippen LogP contribution in [0.3, 0.4) is 0 Å². The van der Waals surface area contributed by atoms with Crippen molar-refractivity contribution in [1.82, 2.24) is 4.90 Å². The van der Waals surface area contributed by atoms with Crippen LogP contribution in [0.15, 0.2) is 58.9 Å². The van der Waals surface area contributed by atoms with E-state index in [0.717, 1.165) is 4.90 Å². The molecule has 0 saturated carbocycles. The van der Waals surface area contributed by atoms with Gasteiger partial charge in [0.05, 0.1) is 25.1 Å². The van der Waals surface area contributed by atoms with Crippen LogP contribution in [0.1, 0.15) is 12.7 Å². The van der Waals surface area contributed by atoms with Gasteiger partial charge in [0.2, 0.25) is 0 Å². The van der Waals surface area contributed by atoms with Gasteiger partial charge in [-0.15, -0.1) is 0 Å². The summed E-state index contributed by atoms with van der Waals surface area (Å²) in [6.07, 6.45) is 2.79. The molecule has 1 aliphatic rings. The van der Waals surface area contributed by atoms with Crippen LogP contribution in [-0.2, 0) is 16.1 Å². The average Bonchev–Trinajstić information content (AvgIpc) is 3.14. The molecule has 1 aromatic carbocycles. The second kappa shape index (κ2) is 6.39. The molecule has 2 amide bonds. The highest BCUT2D eigenvalue weighted by molar-refractivity contribution is 6.17. The summed E-state index contributed by atoms with van der Waals surface area (Å²) in [5, 5.41) is 2.98. The number of hydrogen-bond acceptors (Lipinski definition) is 5. The Kier molecular flexibility index (Phi) is 4.14. The quantitative estimate of drug-likeness (QED) is 0.830. The highest BCUT2D eigenvalue weighted by atomic mass is 16.5. The molecule has 0 aliphatic carbocycles. The highest BCUT2D eigenvalue weighted by Gasteiger charge is 2.32. The van der Waals surface area contributed by atoms with E-state index in [9.17, 15) is 9.59 Å². The zero-order chi connectivity index (χ0) is 16.2. The third kappa shape index (κ3) is 3.11. The molecule has 1 aliphatic heterocycles. The van der Waals surface area contributed by atoms with Gasteiger partial charge in [-0.3, -0.25) is 14.5 Å². The molecule has 2 heterocycles. The first-order chi connectivity index (χ1) is 11.2. The van der Waals surface area contributed by atoms with E-state index < -0.39 is 5.91 Å². The van der Waals surface area contributed by atoms with Crippen molar-refractivity contribution >= 4 is 17.5 Å². The number of nitrogens with one attached hydrogen (secondary N) is 1. The SMILES string of the molecule is CCOc1ccccc1NC1=CC(=O)N(Cc2ccco2)C1=O. The summed E-state index contributed by atoms with van der Waals surface area (Å²) < 4.78 is 10.7. The van der Waals surface area contributed by atoms with Crippen molar-refractivity contribution in [2.75, 3.05) is 11.9 Å². The summed E-state index contributed by atoms with van der Waals surface area (Å²) >= 11 is 0. The number of nitrogens with zero attached hydrogens (tertiary/aromatic N) is 1. The molecule has 0 radical (unpaired) electrons. The number of para-hydroxylation sites is 2. The van der Waals surface area contributed by atoms with E-state index in [1.807, 2.05) is 19.1 Å². The second-order valence-electron chi connectivity index (χ2n) is 4.92. The molecule has 0 fully saturated rings. The number of amides is 2. The number of carbonyl (C=O) groups excluding carboxylic acids is 2. The molecule has 0 atom stereocenters. The van der Waals surface area contributed by atoms with Crippen molar-refractivity contribution in [1.29, 1.82) is 0 Å². The number of carbonyl (C=O) groups is 2. The van der Waals surface area contributed by atoms with E-state index in [0.29, 0.717) is 23.8 Å². The van der Waals surface area contributed by atoms with Crippen LogP contribution in [0, 0.1) is 0 Å². The van der Waals surface area contributed by atoms with Gasteiger partial charge in [-0.25, -0.2) is 0 Å². The van der Waals surface area contributed by atoms with Gasteiger partial charge >= 0.3 is 0 Å². The van der Waals surface area contributed by atoms with Crippen LogP contribution >= 0.6 is 0 Å². The van der Waals surface area contributed by atoms with Gasteiger partial charge in [0, 0.05) is 6.08 Å². The lowest BCUT2D eigenvalue weighted by Crippen LogP contribution is -2.31. The summed E-state index contributed by atoms with van der Waals surface area (Å²) in [7, 11) is 0. The van der Waals surface area contributed by atoms with Crippen molar-refractivity contribution in [2.45, 2.75) is 13.5 Å². The minimum absolute atomic E-state index is 0.111. The number of hydrogen-bond donors (Lipinski definition) is 1. The summed E-state index contributed by atoms with van der Waals surface area (Å²) in [5.74, 6) is 0.414. The molecular weight excluding hydrogens is 296 g/mol. The van der Waals surface area contributed by atoms with Crippen LogP contribution in [0.5, 0.6) is 5.75 Å². The molecule has 0 unspecified atom stereocenters. The molecule has 1 N–H and O–H groups in total. The lowest BCUT2D eigenvalue weighted by atomic mass is 10.2. The van der Waals surface area contributed by atoms with Crippen LogP contribution < -0.4 is 10.1 Å². The predicted octanol–water partition coefficient (Wildman–Crippen LogP) is 2.54.